The number of amides is 9. The second-order valence-electron chi connectivity index (χ2n) is 33.0. The van der Waals surface area contributed by atoms with Crippen molar-refractivity contribution in [2.24, 2.45) is 46.1 Å². The lowest BCUT2D eigenvalue weighted by Crippen LogP contribution is -2.71. The van der Waals surface area contributed by atoms with E-state index in [1.807, 2.05) is 55.5 Å². The fourth-order valence-corrected chi connectivity index (χ4v) is 17.8. The van der Waals surface area contributed by atoms with Crippen molar-refractivity contribution in [3.8, 4) is 0 Å². The summed E-state index contributed by atoms with van der Waals surface area (Å²) in [5.74, 6) is -2.88. The van der Waals surface area contributed by atoms with Crippen LogP contribution in [0.2, 0.25) is 0 Å². The number of fused-ring (bicyclic) bond motifs is 9. The number of rotatable bonds is 49. The molecule has 3 aromatic carbocycles. The molecule has 4 fully saturated rings. The van der Waals surface area contributed by atoms with Crippen molar-refractivity contribution >= 4 is 87.7 Å². The predicted molar refractivity (Wildman–Crippen MR) is 449 cm³/mol. The third-order valence-electron chi connectivity index (χ3n) is 24.4. The lowest BCUT2D eigenvalue weighted by atomic mass is 9.44. The second kappa shape index (κ2) is 46.1. The number of Topliss-reactive ketones (excluding diaryl/α,β-unsaturated/α-hetero) is 2. The Balaban J connectivity index is 0.713. The van der Waals surface area contributed by atoms with Crippen LogP contribution >= 0.6 is 0 Å². The molecule has 688 valence electrons. The van der Waals surface area contributed by atoms with Crippen LogP contribution in [0.15, 0.2) is 96.6 Å². The minimum Gasteiger partial charge on any atom is -0.445 e. The molecule has 3 aromatic rings. The maximum atomic E-state index is 18.0. The number of ether oxygens (including phenoxy) is 7. The van der Waals surface area contributed by atoms with Gasteiger partial charge in [-0.25, -0.2) is 18.4 Å². The van der Waals surface area contributed by atoms with Crippen LogP contribution in [0.3, 0.4) is 0 Å². The Morgan fingerprint density at radius 3 is 2.04 bits per heavy atom. The molecule has 1 saturated heterocycles. The minimum absolute atomic E-state index is 0.0162. The molecule has 9 rings (SSSR count). The number of carbonyl (C=O) groups is 11. The van der Waals surface area contributed by atoms with Crippen LogP contribution in [-0.4, -0.2) is 261 Å². The maximum absolute atomic E-state index is 18.0. The number of alkyl halides is 2. The first kappa shape index (κ1) is 99.0. The molecule has 19 N–H and O–H groups in total. The molecule has 0 radical (unpaired) electrons. The number of alkyl carbamates (subject to hydrolysis) is 1. The number of nitrogens with one attached hydrogen (secondary N) is 9. The van der Waals surface area contributed by atoms with Crippen LogP contribution in [0.1, 0.15) is 140 Å². The van der Waals surface area contributed by atoms with Gasteiger partial charge in [-0.2, -0.15) is 0 Å². The van der Waals surface area contributed by atoms with E-state index in [1.165, 1.54) is 43.3 Å². The Kier molecular flexibility index (Phi) is 36.5. The Morgan fingerprint density at radius 1 is 0.720 bits per heavy atom. The number of ketones is 3. The fraction of sp³-hybridized carbons (Fsp3) is 0.598. The van der Waals surface area contributed by atoms with E-state index in [0.29, 0.717) is 35.4 Å². The molecule has 0 bridgehead atoms. The highest BCUT2D eigenvalue weighted by atomic mass is 19.1. The highest BCUT2D eigenvalue weighted by Gasteiger charge is 2.80. The first-order chi connectivity index (χ1) is 59.7. The molecule has 36 nitrogen and oxygen atoms in total. The number of benzene rings is 3. The Hall–Kier alpha value is -9.81. The summed E-state index contributed by atoms with van der Waals surface area (Å²) in [5, 5.41) is 83.1. The number of aliphatic hydroxyl groups is 6. The third kappa shape index (κ3) is 24.3. The van der Waals surface area contributed by atoms with E-state index >= 15 is 8.78 Å². The van der Waals surface area contributed by atoms with E-state index < -0.39 is 199 Å². The normalized spacial score (nSPS) is 25.1. The van der Waals surface area contributed by atoms with Crippen LogP contribution in [0, 0.1) is 34.5 Å². The largest absolute Gasteiger partial charge is 0.445 e. The average molecular weight is 1760 g/mol. The van der Waals surface area contributed by atoms with Gasteiger partial charge in [0.15, 0.2) is 34.9 Å². The van der Waals surface area contributed by atoms with Crippen molar-refractivity contribution in [2.75, 3.05) is 103 Å². The number of para-hydroxylation sites is 1. The van der Waals surface area contributed by atoms with Gasteiger partial charge in [0.05, 0.1) is 114 Å². The smallest absolute Gasteiger partial charge is 0.407 e. The van der Waals surface area contributed by atoms with Crippen molar-refractivity contribution in [2.45, 2.75) is 204 Å². The second-order valence-corrected chi connectivity index (χ2v) is 33.0. The molecule has 2 heterocycles. The molecule has 4 aliphatic carbocycles. The van der Waals surface area contributed by atoms with Gasteiger partial charge in [0.1, 0.15) is 37.1 Å². The van der Waals surface area contributed by atoms with Crippen LogP contribution in [0.5, 0.6) is 0 Å². The zero-order valence-corrected chi connectivity index (χ0v) is 71.4. The number of hydrogen-bond donors (Lipinski definition) is 17. The van der Waals surface area contributed by atoms with Gasteiger partial charge in [0.25, 0.3) is 0 Å². The lowest BCUT2D eigenvalue weighted by Gasteiger charge is -2.63. The first-order valence-corrected chi connectivity index (χ1v) is 42.5. The van der Waals surface area contributed by atoms with E-state index in [9.17, 15) is 83.4 Å². The number of nitrogens with two attached hydrogens (primary N) is 2. The number of nitrogens with zero attached hydrogens (tertiary/aromatic N) is 1. The lowest BCUT2D eigenvalue weighted by molar-refractivity contribution is -0.233. The molecule has 1 unspecified atom stereocenters. The van der Waals surface area contributed by atoms with Gasteiger partial charge in [0.2, 0.25) is 35.4 Å². The van der Waals surface area contributed by atoms with E-state index in [0.717, 1.165) is 22.9 Å². The predicted octanol–water partition coefficient (Wildman–Crippen LogP) is 2.02. The number of halogens is 2. The number of anilines is 2. The monoisotopic (exact) mass is 1760 g/mol. The molecule has 38 heteroatoms. The van der Waals surface area contributed by atoms with Crippen LogP contribution in [0.4, 0.5) is 29.7 Å². The van der Waals surface area contributed by atoms with Gasteiger partial charge in [-0.15, -0.1) is 0 Å². The zero-order valence-electron chi connectivity index (χ0n) is 71.4. The zero-order chi connectivity index (χ0) is 90.9. The first-order valence-electron chi connectivity index (χ1n) is 42.5. The highest BCUT2D eigenvalue weighted by molar-refractivity contribution is 6.03. The van der Waals surface area contributed by atoms with Crippen molar-refractivity contribution in [3.05, 3.63) is 119 Å². The van der Waals surface area contributed by atoms with E-state index in [4.69, 9.17) is 44.7 Å². The summed E-state index contributed by atoms with van der Waals surface area (Å²) in [7, 11) is 1.80. The molecule has 0 spiro atoms. The van der Waals surface area contributed by atoms with Crippen molar-refractivity contribution in [1.82, 2.24) is 42.6 Å². The topological polar surface area (TPSA) is 537 Å². The van der Waals surface area contributed by atoms with Gasteiger partial charge < -0.3 is 122 Å². The van der Waals surface area contributed by atoms with Crippen molar-refractivity contribution in [3.63, 3.8) is 0 Å². The number of hydrazine groups is 1. The van der Waals surface area contributed by atoms with Gasteiger partial charge >= 0.3 is 12.1 Å². The molecule has 9 amide bonds. The highest BCUT2D eigenvalue weighted by Crippen LogP contribution is 2.72. The molecular formula is C87H122F2N12O24. The fourth-order valence-electron chi connectivity index (χ4n) is 17.8. The van der Waals surface area contributed by atoms with Gasteiger partial charge in [-0.1, -0.05) is 94.8 Å². The number of aliphatic hydroxyl groups excluding tert-OH is 6. The molecule has 3 saturated carbocycles. The molecule has 6 aliphatic rings. The van der Waals surface area contributed by atoms with Gasteiger partial charge in [0, 0.05) is 98.3 Å². The Bertz CT molecular complexity index is 4350. The number of carbonyl (C=O) groups excluding carboxylic acids is 11. The summed E-state index contributed by atoms with van der Waals surface area (Å²) in [6.45, 7) is 7.30. The molecule has 2 aliphatic heterocycles. The van der Waals surface area contributed by atoms with Crippen molar-refractivity contribution in [1.29, 1.82) is 0 Å². The van der Waals surface area contributed by atoms with Crippen LogP contribution in [0.25, 0.3) is 11.4 Å². The summed E-state index contributed by atoms with van der Waals surface area (Å²) >= 11 is 0. The molecule has 125 heavy (non-hydrogen) atoms. The summed E-state index contributed by atoms with van der Waals surface area (Å²) < 4.78 is 75.2. The number of hydrogen-bond acceptors (Lipinski definition) is 27. The molecular weight excluding hydrogens is 1640 g/mol. The summed E-state index contributed by atoms with van der Waals surface area (Å²) in [4.78, 5) is 150. The van der Waals surface area contributed by atoms with E-state index in [2.05, 4.69) is 48.0 Å². The standard InChI is InChI=1S/C87H122F2N12O24/c1-7-13-74-124-69-43-58-59-42-61(88)60-41-55(103)27-29-84(60,4)86(59,89)67(107)44-85(58,5)87(69,125-74)68(108)46-96-83(118)123-49-51-19-21-54(22-20-51)97-80(115)52(15-12-30-94-82(90)117)40-64(104)75(50(2)3)99-81(116)62(23-24-71(110)95-45-65(105)78(113)79(114)66(106)48-102)98-72(111)28-32-119-34-36-121-38-39-122-37-35-120-33-31-93-70(109)25-26-73(112)101-47-53-14-8-9-16-56(53)76(92-6)77(100-91)57-17-10-11-18-63(57)101/h8-11,14,16-22,27,29,41,50,52,58-59,61-62,65-67,69,74-75,78-79,92,100,102,105-107,113-114H,7,12-13,15,23-26,28,30-40,42-49,91H2,1-6H3,(H,93,109)(H,95,110)(H,96,118)(H,97,115)(H,98,111)(H,99,116)(H3,90,94,117)/b77-76-/t52-,58+,59+,61+,62-,65+,66-,67+,69-,74?,75+,78-,79-,84+,85+,86+,87-/m1/s1. The number of urea groups is 1. The third-order valence-corrected chi connectivity index (χ3v) is 24.4. The molecule has 17 atom stereocenters. The van der Waals surface area contributed by atoms with Crippen molar-refractivity contribution < 1.29 is 125 Å². The maximum Gasteiger partial charge on any atom is 0.407 e. The van der Waals surface area contributed by atoms with Crippen LogP contribution in [-0.2, 0) is 89.5 Å². The Labute approximate surface area is 724 Å². The minimum atomic E-state index is -2.43. The number of primary amides is 1. The Morgan fingerprint density at radius 2 is 1.38 bits per heavy atom. The van der Waals surface area contributed by atoms with Crippen LogP contribution < -0.4 is 64.4 Å². The van der Waals surface area contributed by atoms with E-state index in [1.54, 1.807) is 32.7 Å². The molecule has 0 aromatic heterocycles. The van der Waals surface area contributed by atoms with Gasteiger partial charge in [-0.3, -0.25) is 49.0 Å². The summed E-state index contributed by atoms with van der Waals surface area (Å²) in [6.07, 6.45) is -11.4. The summed E-state index contributed by atoms with van der Waals surface area (Å²) in [6, 6.07) is 17.5. The summed E-state index contributed by atoms with van der Waals surface area (Å²) in [5.41, 5.74) is 6.06. The van der Waals surface area contributed by atoms with E-state index in [-0.39, 0.29) is 154 Å². The quantitative estimate of drug-likeness (QED) is 0.0218. The average Bonchev–Trinajstić information content (AvgIpc) is 1.53. The van der Waals surface area contributed by atoms with Gasteiger partial charge in [-0.05, 0) is 111 Å². The SMILES string of the molecule is CCCC1O[C@@H]2C[C@H]3[C@@H]4C[C@H](F)C5=CC(=O)C=C[C@]5(C)[C@@]4(F)[C@@H](O)C[C@]3(C)[C@]2(C(=O)CNC(=O)OCc2ccc(NC(=O)[C@H](CCCNC(N)=O)CC(=O)[C@@H](NC(=O)[C@@H](CCC(=O)NC[C@H](O)[C@@H](O)[C@H](O)[C@H](O)CO)NC(=O)CCOCCOCCOCCOCCNC(=O)CCC(=O)N3Cc4ccccc4/C(NC)=C(/NN)c4ccccc43)C(C)C)cc2)O1. The number of allylic oxidation sites excluding steroid dienone is 4.